The maximum atomic E-state index is 11.7. The van der Waals surface area contributed by atoms with Gasteiger partial charge in [-0.15, -0.1) is 0 Å². The lowest BCUT2D eigenvalue weighted by atomic mass is 10.0. The van der Waals surface area contributed by atoms with Crippen LogP contribution >= 0.6 is 0 Å². The molecule has 8 nitrogen and oxygen atoms in total. The number of nitrogens with zero attached hydrogens (tertiary/aromatic N) is 4. The fourth-order valence-electron chi connectivity index (χ4n) is 5.13. The quantitative estimate of drug-likeness (QED) is 0.396. The third kappa shape index (κ3) is 5.55. The predicted molar refractivity (Wildman–Crippen MR) is 153 cm³/mol. The molecule has 1 aromatic heterocycles. The van der Waals surface area contributed by atoms with Gasteiger partial charge in [-0.25, -0.2) is 8.42 Å². The summed E-state index contributed by atoms with van der Waals surface area (Å²) < 4.78 is 29.6. The molecule has 2 aliphatic rings. The number of hydrogen-bond donors (Lipinski definition) is 1. The van der Waals surface area contributed by atoms with Gasteiger partial charge in [-0.05, 0) is 48.5 Å². The summed E-state index contributed by atoms with van der Waals surface area (Å²) in [4.78, 5) is 11.6. The molecule has 3 aromatic carbocycles. The van der Waals surface area contributed by atoms with Crippen LogP contribution in [0.5, 0.6) is 0 Å². The van der Waals surface area contributed by atoms with Gasteiger partial charge in [0.25, 0.3) is 6.01 Å². The van der Waals surface area contributed by atoms with Crippen molar-refractivity contribution in [2.45, 2.75) is 6.54 Å². The van der Waals surface area contributed by atoms with Gasteiger partial charge < -0.3 is 19.5 Å². The molecule has 0 unspecified atom stereocenters. The van der Waals surface area contributed by atoms with Crippen LogP contribution in [0.15, 0.2) is 71.1 Å². The number of hydrogen-bond acceptors (Lipinski definition) is 8. The first-order valence-corrected chi connectivity index (χ1v) is 15.0. The lowest BCUT2D eigenvalue weighted by Crippen LogP contribution is -2.44. The minimum Gasteiger partial charge on any atom is -0.423 e. The fraction of sp³-hybridized carbons (Fsp3) is 0.345. The maximum absolute atomic E-state index is 11.7. The Kier molecular flexibility index (Phi) is 6.82. The minimum atomic E-state index is -2.86. The van der Waals surface area contributed by atoms with Crippen LogP contribution in [-0.4, -0.2) is 81.0 Å². The van der Waals surface area contributed by atoms with Crippen molar-refractivity contribution in [2.24, 2.45) is 0 Å². The van der Waals surface area contributed by atoms with Crippen LogP contribution in [0, 0.1) is 0 Å². The average Bonchev–Trinajstić information content (AvgIpc) is 3.34. The van der Waals surface area contributed by atoms with E-state index in [1.807, 2.05) is 18.2 Å². The average molecular weight is 532 g/mol. The molecule has 0 atom stereocenters. The summed E-state index contributed by atoms with van der Waals surface area (Å²) in [7, 11) is -0.699. The van der Waals surface area contributed by atoms with Crippen LogP contribution < -0.4 is 10.2 Å². The molecule has 0 saturated carbocycles. The van der Waals surface area contributed by atoms with Crippen molar-refractivity contribution >= 4 is 38.3 Å². The van der Waals surface area contributed by atoms with Crippen molar-refractivity contribution in [3.05, 3.63) is 72.3 Å². The molecule has 9 heteroatoms. The van der Waals surface area contributed by atoms with E-state index in [9.17, 15) is 8.42 Å². The second kappa shape index (κ2) is 10.4. The Bertz CT molecular complexity index is 1490. The molecule has 38 heavy (non-hydrogen) atoms. The predicted octanol–water partition coefficient (Wildman–Crippen LogP) is 4.22. The van der Waals surface area contributed by atoms with Gasteiger partial charge in [0.2, 0.25) is 0 Å². The third-order valence-electron chi connectivity index (χ3n) is 7.51. The summed E-state index contributed by atoms with van der Waals surface area (Å²) in [5.41, 5.74) is 6.93. The molecule has 2 fully saturated rings. The van der Waals surface area contributed by atoms with Gasteiger partial charge in [0.15, 0.2) is 15.4 Å². The highest BCUT2D eigenvalue weighted by Gasteiger charge is 2.21. The molecule has 0 aliphatic carbocycles. The Balaban J connectivity index is 1.15. The molecular formula is C29H33N5O3S. The summed E-state index contributed by atoms with van der Waals surface area (Å²) in [5, 5.41) is 3.32. The molecule has 0 radical (unpaired) electrons. The summed E-state index contributed by atoms with van der Waals surface area (Å²) in [6, 6.07) is 23.3. The number of para-hydroxylation sites is 1. The molecule has 1 N–H and O–H groups in total. The van der Waals surface area contributed by atoms with Crippen molar-refractivity contribution in [3.8, 4) is 11.1 Å². The van der Waals surface area contributed by atoms with Gasteiger partial charge in [-0.1, -0.05) is 36.4 Å². The molecule has 198 valence electrons. The second-order valence-corrected chi connectivity index (χ2v) is 12.6. The van der Waals surface area contributed by atoms with E-state index in [0.717, 1.165) is 60.6 Å². The number of nitrogens with one attached hydrogen (secondary N) is 1. The van der Waals surface area contributed by atoms with Gasteiger partial charge in [-0.2, -0.15) is 4.98 Å². The number of fused-ring (bicyclic) bond motifs is 1. The van der Waals surface area contributed by atoms with E-state index in [1.54, 1.807) is 0 Å². The Morgan fingerprint density at radius 2 is 1.58 bits per heavy atom. The van der Waals surface area contributed by atoms with Crippen LogP contribution in [0.25, 0.3) is 22.2 Å². The maximum Gasteiger partial charge on any atom is 0.300 e. The first kappa shape index (κ1) is 24.9. The van der Waals surface area contributed by atoms with Gasteiger partial charge in [0.1, 0.15) is 5.52 Å². The number of benzene rings is 3. The van der Waals surface area contributed by atoms with Crippen LogP contribution in [0.1, 0.15) is 5.56 Å². The SMILES string of the molecule is CN1CCN(c2ccc(Nc3nc4cccc(-c5ccc(CN6CCS(=O)(=O)CC6)cc5)c4o3)cc2)CC1. The summed E-state index contributed by atoms with van der Waals surface area (Å²) in [6.45, 7) is 6.19. The first-order chi connectivity index (χ1) is 18.4. The van der Waals surface area contributed by atoms with Crippen LogP contribution in [0.3, 0.4) is 0 Å². The van der Waals surface area contributed by atoms with E-state index in [4.69, 9.17) is 4.42 Å². The number of sulfone groups is 1. The number of aromatic nitrogens is 1. The van der Waals surface area contributed by atoms with Crippen LogP contribution in [0.2, 0.25) is 0 Å². The normalized spacial score (nSPS) is 18.6. The smallest absolute Gasteiger partial charge is 0.300 e. The van der Waals surface area contributed by atoms with Gasteiger partial charge in [-0.3, -0.25) is 4.90 Å². The standard InChI is InChI=1S/C29H33N5O3S/c1-32-13-15-34(16-14-32)25-11-9-24(10-12-25)30-29-31-27-4-2-3-26(28(27)37-29)23-7-5-22(6-8-23)21-33-17-19-38(35,36)20-18-33/h2-12H,13-21H2,1H3,(H,30,31). The monoisotopic (exact) mass is 531 g/mol. The van der Waals surface area contributed by atoms with Crippen molar-refractivity contribution in [1.82, 2.24) is 14.8 Å². The zero-order valence-corrected chi connectivity index (χ0v) is 22.5. The molecule has 2 saturated heterocycles. The molecule has 2 aliphatic heterocycles. The van der Waals surface area contributed by atoms with E-state index in [0.29, 0.717) is 19.1 Å². The lowest BCUT2D eigenvalue weighted by molar-refractivity contribution is 0.287. The van der Waals surface area contributed by atoms with Crippen molar-refractivity contribution in [2.75, 3.05) is 68.0 Å². The molecule has 6 rings (SSSR count). The number of oxazole rings is 1. The fourth-order valence-corrected chi connectivity index (χ4v) is 6.41. The van der Waals surface area contributed by atoms with E-state index >= 15 is 0 Å². The largest absolute Gasteiger partial charge is 0.423 e. The molecule has 0 spiro atoms. The zero-order valence-electron chi connectivity index (χ0n) is 21.6. The van der Waals surface area contributed by atoms with Gasteiger partial charge in [0, 0.05) is 62.8 Å². The van der Waals surface area contributed by atoms with E-state index in [2.05, 4.69) is 80.6 Å². The Morgan fingerprint density at radius 1 is 0.868 bits per heavy atom. The van der Waals surface area contributed by atoms with E-state index in [1.165, 1.54) is 11.3 Å². The van der Waals surface area contributed by atoms with Crippen molar-refractivity contribution in [1.29, 1.82) is 0 Å². The van der Waals surface area contributed by atoms with Crippen LogP contribution in [0.4, 0.5) is 17.4 Å². The molecule has 0 bridgehead atoms. The Morgan fingerprint density at radius 3 is 2.29 bits per heavy atom. The molecule has 3 heterocycles. The van der Waals surface area contributed by atoms with Gasteiger partial charge >= 0.3 is 0 Å². The highest BCUT2D eigenvalue weighted by molar-refractivity contribution is 7.91. The van der Waals surface area contributed by atoms with E-state index in [-0.39, 0.29) is 11.5 Å². The number of likely N-dealkylation sites (N-methyl/N-ethyl adjacent to an activating group) is 1. The third-order valence-corrected chi connectivity index (χ3v) is 9.12. The molecule has 4 aromatic rings. The Hall–Kier alpha value is -3.40. The molecule has 0 amide bonds. The minimum absolute atomic E-state index is 0.245. The van der Waals surface area contributed by atoms with Gasteiger partial charge in [0.05, 0.1) is 11.5 Å². The van der Waals surface area contributed by atoms with E-state index < -0.39 is 9.84 Å². The Labute approximate surface area is 223 Å². The number of anilines is 3. The summed E-state index contributed by atoms with van der Waals surface area (Å²) >= 11 is 0. The van der Waals surface area contributed by atoms with Crippen LogP contribution in [-0.2, 0) is 16.4 Å². The lowest BCUT2D eigenvalue weighted by Gasteiger charge is -2.34. The first-order valence-electron chi connectivity index (χ1n) is 13.1. The summed E-state index contributed by atoms with van der Waals surface area (Å²) in [6.07, 6.45) is 0. The summed E-state index contributed by atoms with van der Waals surface area (Å²) in [5.74, 6) is 0.491. The number of rotatable bonds is 6. The van der Waals surface area contributed by atoms with Crippen molar-refractivity contribution < 1.29 is 12.8 Å². The van der Waals surface area contributed by atoms with Crippen molar-refractivity contribution in [3.63, 3.8) is 0 Å². The highest BCUT2D eigenvalue weighted by atomic mass is 32.2. The zero-order chi connectivity index (χ0) is 26.1. The topological polar surface area (TPSA) is 81.9 Å². The molecular weight excluding hydrogens is 498 g/mol. The second-order valence-electron chi connectivity index (χ2n) is 10.3. The highest BCUT2D eigenvalue weighted by Crippen LogP contribution is 2.32. The number of piperazine rings is 1.